The first kappa shape index (κ1) is 14.6. The molecule has 0 bridgehead atoms. The van der Waals surface area contributed by atoms with Crippen molar-refractivity contribution in [3.05, 3.63) is 17.5 Å². The Morgan fingerprint density at radius 2 is 1.95 bits per heavy atom. The van der Waals surface area contributed by atoms with Crippen LogP contribution in [-0.2, 0) is 13.5 Å². The van der Waals surface area contributed by atoms with Crippen molar-refractivity contribution in [2.24, 2.45) is 12.5 Å². The predicted octanol–water partition coefficient (Wildman–Crippen LogP) is 1.59. The van der Waals surface area contributed by atoms with Gasteiger partial charge in [0.15, 0.2) is 0 Å². The molecule has 2 aliphatic heterocycles. The average Bonchev–Trinajstić information content (AvgIpc) is 2.89. The van der Waals surface area contributed by atoms with Gasteiger partial charge in [0, 0.05) is 26.3 Å². The first-order valence-corrected chi connectivity index (χ1v) is 8.16. The molecule has 1 N–H and O–H groups in total. The van der Waals surface area contributed by atoms with Gasteiger partial charge in [0.05, 0.1) is 11.3 Å². The van der Waals surface area contributed by atoms with Gasteiger partial charge in [0.25, 0.3) is 5.91 Å². The predicted molar refractivity (Wildman–Crippen MR) is 82.3 cm³/mol. The largest absolute Gasteiger partial charge is 0.339 e. The maximum Gasteiger partial charge on any atom is 0.257 e. The highest BCUT2D eigenvalue weighted by Gasteiger charge is 2.37. The molecule has 1 aromatic rings. The number of nitrogens with zero attached hydrogens (tertiary/aromatic N) is 3. The number of likely N-dealkylation sites (tertiary alicyclic amines) is 1. The van der Waals surface area contributed by atoms with Crippen LogP contribution >= 0.6 is 0 Å². The summed E-state index contributed by atoms with van der Waals surface area (Å²) in [6.45, 7) is 6.13. The molecule has 0 atom stereocenters. The topological polar surface area (TPSA) is 50.2 Å². The first-order valence-electron chi connectivity index (χ1n) is 8.16. The molecule has 0 saturated carbocycles. The van der Waals surface area contributed by atoms with Gasteiger partial charge < -0.3 is 10.2 Å². The number of amides is 1. The number of nitrogens with one attached hydrogen (secondary N) is 1. The van der Waals surface area contributed by atoms with Crippen molar-refractivity contribution < 1.29 is 4.79 Å². The molecular formula is C16H26N4O. The molecule has 5 nitrogen and oxygen atoms in total. The molecule has 0 aromatic carbocycles. The van der Waals surface area contributed by atoms with E-state index in [0.717, 1.165) is 56.7 Å². The Bertz CT molecular complexity index is 506. The van der Waals surface area contributed by atoms with E-state index in [1.54, 1.807) is 4.68 Å². The molecule has 116 valence electrons. The summed E-state index contributed by atoms with van der Waals surface area (Å²) >= 11 is 0. The second-order valence-electron chi connectivity index (χ2n) is 6.56. The zero-order valence-corrected chi connectivity index (χ0v) is 13.2. The quantitative estimate of drug-likeness (QED) is 0.900. The van der Waals surface area contributed by atoms with Gasteiger partial charge in [-0.2, -0.15) is 5.10 Å². The van der Waals surface area contributed by atoms with Crippen LogP contribution < -0.4 is 5.32 Å². The molecule has 3 rings (SSSR count). The molecule has 1 spiro atoms. The van der Waals surface area contributed by atoms with Gasteiger partial charge in [-0.3, -0.25) is 9.48 Å². The van der Waals surface area contributed by atoms with Gasteiger partial charge in [-0.25, -0.2) is 0 Å². The van der Waals surface area contributed by atoms with Crippen LogP contribution in [0.4, 0.5) is 0 Å². The average molecular weight is 290 g/mol. The zero-order chi connectivity index (χ0) is 14.9. The maximum atomic E-state index is 12.7. The highest BCUT2D eigenvalue weighted by atomic mass is 16.2. The molecule has 1 amide bonds. The van der Waals surface area contributed by atoms with Crippen molar-refractivity contribution >= 4 is 5.91 Å². The molecule has 0 unspecified atom stereocenters. The fourth-order valence-electron chi connectivity index (χ4n) is 3.79. The van der Waals surface area contributed by atoms with E-state index in [1.807, 2.05) is 18.1 Å². The number of hydrogen-bond acceptors (Lipinski definition) is 3. The number of aryl methyl sites for hydroxylation is 2. The summed E-state index contributed by atoms with van der Waals surface area (Å²) in [5, 5.41) is 7.83. The third-order valence-electron chi connectivity index (χ3n) is 5.25. The van der Waals surface area contributed by atoms with Crippen molar-refractivity contribution in [1.82, 2.24) is 20.0 Å². The lowest BCUT2D eigenvalue weighted by Crippen LogP contribution is -2.47. The number of hydrogen-bond donors (Lipinski definition) is 1. The van der Waals surface area contributed by atoms with E-state index in [4.69, 9.17) is 0 Å². The summed E-state index contributed by atoms with van der Waals surface area (Å²) in [5.41, 5.74) is 2.20. The van der Waals surface area contributed by atoms with Crippen molar-refractivity contribution in [3.63, 3.8) is 0 Å². The summed E-state index contributed by atoms with van der Waals surface area (Å²) < 4.78 is 1.75. The summed E-state index contributed by atoms with van der Waals surface area (Å²) in [5.74, 6) is 0.170. The fourth-order valence-corrected chi connectivity index (χ4v) is 3.79. The Labute approximate surface area is 126 Å². The highest BCUT2D eigenvalue weighted by Crippen LogP contribution is 2.39. The van der Waals surface area contributed by atoms with Crippen molar-refractivity contribution in [2.45, 2.75) is 39.0 Å². The Balaban J connectivity index is 1.67. The van der Waals surface area contributed by atoms with Gasteiger partial charge in [-0.15, -0.1) is 0 Å². The minimum Gasteiger partial charge on any atom is -0.339 e. The smallest absolute Gasteiger partial charge is 0.257 e. The van der Waals surface area contributed by atoms with Crippen molar-refractivity contribution in [3.8, 4) is 0 Å². The molecule has 0 aliphatic carbocycles. The normalized spacial score (nSPS) is 21.7. The monoisotopic (exact) mass is 290 g/mol. The number of piperidine rings is 2. The van der Waals surface area contributed by atoms with Crippen LogP contribution in [0.3, 0.4) is 0 Å². The first-order chi connectivity index (χ1) is 10.1. The molecule has 0 radical (unpaired) electrons. The molecule has 3 heterocycles. The molecule has 5 heteroatoms. The molecule has 21 heavy (non-hydrogen) atoms. The van der Waals surface area contributed by atoms with Gasteiger partial charge in [-0.1, -0.05) is 6.92 Å². The number of rotatable bonds is 2. The van der Waals surface area contributed by atoms with Gasteiger partial charge in [-0.05, 0) is 50.6 Å². The van der Waals surface area contributed by atoms with Crippen molar-refractivity contribution in [1.29, 1.82) is 0 Å². The number of carbonyl (C=O) groups excluding carboxylic acids is 1. The Kier molecular flexibility index (Phi) is 4.02. The van der Waals surface area contributed by atoms with E-state index in [0.29, 0.717) is 5.41 Å². The van der Waals surface area contributed by atoms with Crippen LogP contribution in [0, 0.1) is 5.41 Å². The van der Waals surface area contributed by atoms with E-state index in [2.05, 4.69) is 17.3 Å². The standard InChI is InChI=1S/C16H26N4O/c1-3-14-13(12-19(2)18-14)15(21)20-10-6-16(7-11-20)4-8-17-9-5-16/h12,17H,3-11H2,1-2H3. The van der Waals surface area contributed by atoms with E-state index >= 15 is 0 Å². The third kappa shape index (κ3) is 2.84. The van der Waals surface area contributed by atoms with Crippen molar-refractivity contribution in [2.75, 3.05) is 26.2 Å². The lowest BCUT2D eigenvalue weighted by molar-refractivity contribution is 0.0495. The molecule has 2 saturated heterocycles. The molecule has 1 aromatic heterocycles. The Hall–Kier alpha value is -1.36. The summed E-state index contributed by atoms with van der Waals surface area (Å²) in [6.07, 6.45) is 7.52. The zero-order valence-electron chi connectivity index (χ0n) is 13.2. The van der Waals surface area contributed by atoms with Gasteiger partial charge in [0.1, 0.15) is 0 Å². The number of aromatic nitrogens is 2. The van der Waals surface area contributed by atoms with Crippen LogP contribution in [-0.4, -0.2) is 46.8 Å². The SMILES string of the molecule is CCc1nn(C)cc1C(=O)N1CCC2(CCNCC2)CC1. The highest BCUT2D eigenvalue weighted by molar-refractivity contribution is 5.95. The van der Waals surface area contributed by atoms with E-state index in [9.17, 15) is 4.79 Å². The van der Waals surface area contributed by atoms with Crippen LogP contribution in [0.15, 0.2) is 6.20 Å². The van der Waals surface area contributed by atoms with E-state index in [-0.39, 0.29) is 5.91 Å². The van der Waals surface area contributed by atoms with Gasteiger partial charge in [0.2, 0.25) is 0 Å². The molecule has 2 fully saturated rings. The Morgan fingerprint density at radius 1 is 1.29 bits per heavy atom. The van der Waals surface area contributed by atoms with E-state index < -0.39 is 0 Å². The Morgan fingerprint density at radius 3 is 2.57 bits per heavy atom. The summed E-state index contributed by atoms with van der Waals surface area (Å²) in [4.78, 5) is 14.8. The second kappa shape index (κ2) is 5.79. The van der Waals surface area contributed by atoms with Crippen LogP contribution in [0.5, 0.6) is 0 Å². The summed E-state index contributed by atoms with van der Waals surface area (Å²) in [7, 11) is 1.89. The lowest BCUT2D eigenvalue weighted by Gasteiger charge is -2.44. The van der Waals surface area contributed by atoms with Crippen LogP contribution in [0.2, 0.25) is 0 Å². The van der Waals surface area contributed by atoms with Gasteiger partial charge >= 0.3 is 0 Å². The second-order valence-corrected chi connectivity index (χ2v) is 6.56. The third-order valence-corrected chi connectivity index (χ3v) is 5.25. The maximum absolute atomic E-state index is 12.7. The van der Waals surface area contributed by atoms with E-state index in [1.165, 1.54) is 12.8 Å². The molecular weight excluding hydrogens is 264 g/mol. The summed E-state index contributed by atoms with van der Waals surface area (Å²) in [6, 6.07) is 0. The van der Waals surface area contributed by atoms with Crippen LogP contribution in [0.25, 0.3) is 0 Å². The van der Waals surface area contributed by atoms with Crippen LogP contribution in [0.1, 0.15) is 48.7 Å². The minimum absolute atomic E-state index is 0.170. The molecule has 2 aliphatic rings. The fraction of sp³-hybridized carbons (Fsp3) is 0.750. The number of carbonyl (C=O) groups is 1. The minimum atomic E-state index is 0.170. The lowest BCUT2D eigenvalue weighted by atomic mass is 9.71.